The third-order valence-electron chi connectivity index (χ3n) is 3.13. The largest absolute Gasteiger partial charge is 0.490 e. The Morgan fingerprint density at radius 2 is 2.25 bits per heavy atom. The molecule has 0 aliphatic rings. The van der Waals surface area contributed by atoms with Gasteiger partial charge in [-0.05, 0) is 32.0 Å². The van der Waals surface area contributed by atoms with Gasteiger partial charge in [0.1, 0.15) is 18.5 Å². The summed E-state index contributed by atoms with van der Waals surface area (Å²) >= 11 is 0. The van der Waals surface area contributed by atoms with E-state index in [9.17, 15) is 5.11 Å². The van der Waals surface area contributed by atoms with Gasteiger partial charge in [0, 0.05) is 23.6 Å². The van der Waals surface area contributed by atoms with Crippen LogP contribution in [0.2, 0.25) is 0 Å². The van der Waals surface area contributed by atoms with Gasteiger partial charge in [0.2, 0.25) is 0 Å². The lowest BCUT2D eigenvalue weighted by atomic mass is 10.1. The summed E-state index contributed by atoms with van der Waals surface area (Å²) in [5.74, 6) is 3.39. The van der Waals surface area contributed by atoms with E-state index in [-0.39, 0.29) is 6.61 Å². The molecule has 0 radical (unpaired) electrons. The number of benzene rings is 1. The number of terminal acetylenes is 1. The van der Waals surface area contributed by atoms with Gasteiger partial charge >= 0.3 is 0 Å². The summed E-state index contributed by atoms with van der Waals surface area (Å²) in [5, 5.41) is 14.0. The highest BCUT2D eigenvalue weighted by Crippen LogP contribution is 2.24. The summed E-state index contributed by atoms with van der Waals surface area (Å²) in [4.78, 5) is 3.12. The Morgan fingerprint density at radius 3 is 3.00 bits per heavy atom. The van der Waals surface area contributed by atoms with E-state index in [0.717, 1.165) is 16.7 Å². The Labute approximate surface area is 119 Å². The summed E-state index contributed by atoms with van der Waals surface area (Å²) in [6, 6.07) is 7.74. The van der Waals surface area contributed by atoms with Crippen LogP contribution >= 0.6 is 0 Å². The van der Waals surface area contributed by atoms with Crippen molar-refractivity contribution in [3.63, 3.8) is 0 Å². The first-order chi connectivity index (χ1) is 9.52. The van der Waals surface area contributed by atoms with Crippen LogP contribution in [0, 0.1) is 12.3 Å². The zero-order valence-corrected chi connectivity index (χ0v) is 11.8. The fourth-order valence-corrected chi connectivity index (χ4v) is 1.85. The minimum Gasteiger partial charge on any atom is -0.490 e. The van der Waals surface area contributed by atoms with Crippen molar-refractivity contribution < 1.29 is 9.84 Å². The molecule has 0 saturated carbocycles. The summed E-state index contributed by atoms with van der Waals surface area (Å²) < 4.78 is 5.68. The molecule has 20 heavy (non-hydrogen) atoms. The van der Waals surface area contributed by atoms with E-state index >= 15 is 0 Å². The van der Waals surface area contributed by atoms with Gasteiger partial charge in [-0.25, -0.2) is 0 Å². The van der Waals surface area contributed by atoms with Gasteiger partial charge < -0.3 is 14.8 Å². The van der Waals surface area contributed by atoms with Gasteiger partial charge in [-0.15, -0.1) is 6.42 Å². The van der Waals surface area contributed by atoms with Crippen LogP contribution in [0.15, 0.2) is 30.5 Å². The first-order valence-electron chi connectivity index (χ1n) is 6.61. The number of aromatic amines is 1. The fourth-order valence-electron chi connectivity index (χ4n) is 1.85. The lowest BCUT2D eigenvalue weighted by Gasteiger charge is -2.22. The molecule has 4 heteroatoms. The molecule has 0 aliphatic carbocycles. The number of ether oxygens (including phenoxy) is 1. The molecule has 106 valence electrons. The summed E-state index contributed by atoms with van der Waals surface area (Å²) in [7, 11) is 0. The highest BCUT2D eigenvalue weighted by Gasteiger charge is 2.15. The highest BCUT2D eigenvalue weighted by atomic mass is 16.5. The van der Waals surface area contributed by atoms with Gasteiger partial charge in [-0.2, -0.15) is 0 Å². The van der Waals surface area contributed by atoms with Crippen LogP contribution in [0.25, 0.3) is 10.9 Å². The molecule has 0 fully saturated rings. The molecule has 1 heterocycles. The predicted octanol–water partition coefficient (Wildman–Crippen LogP) is 1.91. The average molecular weight is 272 g/mol. The van der Waals surface area contributed by atoms with Gasteiger partial charge in [0.25, 0.3) is 0 Å². The van der Waals surface area contributed by atoms with E-state index in [0.29, 0.717) is 6.54 Å². The number of aromatic nitrogens is 1. The number of rotatable bonds is 6. The smallest absolute Gasteiger partial charge is 0.128 e. The molecule has 0 amide bonds. The molecule has 0 aliphatic heterocycles. The van der Waals surface area contributed by atoms with E-state index < -0.39 is 11.6 Å². The second kappa shape index (κ2) is 6.00. The van der Waals surface area contributed by atoms with Gasteiger partial charge in [0.05, 0.1) is 5.54 Å². The number of fused-ring (bicyclic) bond motifs is 1. The first-order valence-corrected chi connectivity index (χ1v) is 6.61. The Balaban J connectivity index is 1.89. The van der Waals surface area contributed by atoms with Gasteiger partial charge in [-0.1, -0.05) is 12.0 Å². The van der Waals surface area contributed by atoms with Crippen LogP contribution in [0.1, 0.15) is 13.8 Å². The molecule has 3 N–H and O–H groups in total. The molecule has 0 saturated heterocycles. The Hall–Kier alpha value is -1.96. The summed E-state index contributed by atoms with van der Waals surface area (Å²) in [6.45, 7) is 4.39. The van der Waals surface area contributed by atoms with E-state index in [1.54, 1.807) is 0 Å². The maximum Gasteiger partial charge on any atom is 0.128 e. The van der Waals surface area contributed by atoms with Crippen molar-refractivity contribution >= 4 is 10.9 Å². The molecule has 2 aromatic rings. The van der Waals surface area contributed by atoms with Crippen molar-refractivity contribution in [1.29, 1.82) is 0 Å². The molecular weight excluding hydrogens is 252 g/mol. The molecule has 0 spiro atoms. The molecule has 1 aromatic heterocycles. The number of aliphatic hydroxyl groups excluding tert-OH is 1. The Bertz CT molecular complexity index is 610. The SMILES string of the molecule is C#CC(C)(C)NCC(O)COc1cccc2[nH]ccc12. The lowest BCUT2D eigenvalue weighted by molar-refractivity contribution is 0.103. The van der Waals surface area contributed by atoms with Crippen LogP contribution in [0.3, 0.4) is 0 Å². The van der Waals surface area contributed by atoms with Crippen molar-refractivity contribution in [3.05, 3.63) is 30.5 Å². The minimum absolute atomic E-state index is 0.220. The number of hydrogen-bond donors (Lipinski definition) is 3. The molecule has 4 nitrogen and oxygen atoms in total. The monoisotopic (exact) mass is 272 g/mol. The zero-order chi connectivity index (χ0) is 14.6. The number of aliphatic hydroxyl groups is 1. The average Bonchev–Trinajstić information content (AvgIpc) is 2.92. The topological polar surface area (TPSA) is 57.3 Å². The zero-order valence-electron chi connectivity index (χ0n) is 11.8. The predicted molar refractivity (Wildman–Crippen MR) is 80.7 cm³/mol. The van der Waals surface area contributed by atoms with Crippen molar-refractivity contribution in [3.8, 4) is 18.1 Å². The van der Waals surface area contributed by atoms with Crippen LogP contribution < -0.4 is 10.1 Å². The van der Waals surface area contributed by atoms with E-state index in [4.69, 9.17) is 11.2 Å². The quantitative estimate of drug-likeness (QED) is 0.704. The van der Waals surface area contributed by atoms with Crippen molar-refractivity contribution in [2.45, 2.75) is 25.5 Å². The van der Waals surface area contributed by atoms with Crippen molar-refractivity contribution in [2.24, 2.45) is 0 Å². The van der Waals surface area contributed by atoms with Gasteiger partial charge in [0.15, 0.2) is 0 Å². The highest BCUT2D eigenvalue weighted by molar-refractivity contribution is 5.85. The molecule has 1 unspecified atom stereocenters. The van der Waals surface area contributed by atoms with Crippen LogP contribution in [0.4, 0.5) is 0 Å². The van der Waals surface area contributed by atoms with E-state index in [1.165, 1.54) is 0 Å². The van der Waals surface area contributed by atoms with E-state index in [1.807, 2.05) is 44.3 Å². The van der Waals surface area contributed by atoms with E-state index in [2.05, 4.69) is 16.2 Å². The van der Waals surface area contributed by atoms with Crippen molar-refractivity contribution in [1.82, 2.24) is 10.3 Å². The Kier molecular flexibility index (Phi) is 4.33. The molecule has 0 bridgehead atoms. The first kappa shape index (κ1) is 14.4. The third kappa shape index (κ3) is 3.53. The van der Waals surface area contributed by atoms with Gasteiger partial charge in [-0.3, -0.25) is 5.32 Å². The maximum absolute atomic E-state index is 9.93. The normalized spacial score (nSPS) is 13.1. The van der Waals surface area contributed by atoms with Crippen LogP contribution in [0.5, 0.6) is 5.75 Å². The number of hydrogen-bond acceptors (Lipinski definition) is 3. The van der Waals surface area contributed by atoms with Crippen LogP contribution in [-0.2, 0) is 0 Å². The van der Waals surface area contributed by atoms with Crippen LogP contribution in [-0.4, -0.2) is 34.9 Å². The number of β-amino-alcohol motifs (C(OH)–C–C–N with tert-alkyl or cyclic N) is 1. The standard InChI is InChI=1S/C16H20N2O2/c1-4-16(2,3)18-10-12(19)11-20-15-7-5-6-14-13(15)8-9-17-14/h1,5-9,12,17-19H,10-11H2,2-3H3. The fraction of sp³-hybridized carbons (Fsp3) is 0.375. The minimum atomic E-state index is -0.614. The van der Waals surface area contributed by atoms with Crippen molar-refractivity contribution in [2.75, 3.05) is 13.2 Å². The maximum atomic E-state index is 9.93. The molecule has 1 aromatic carbocycles. The number of H-pyrrole nitrogens is 1. The lowest BCUT2D eigenvalue weighted by Crippen LogP contribution is -2.43. The second-order valence-corrected chi connectivity index (χ2v) is 5.31. The second-order valence-electron chi connectivity index (χ2n) is 5.31. The summed E-state index contributed by atoms with van der Waals surface area (Å²) in [6.07, 6.45) is 6.63. The third-order valence-corrected chi connectivity index (χ3v) is 3.13. The Morgan fingerprint density at radius 1 is 1.45 bits per heavy atom. The number of nitrogens with one attached hydrogen (secondary N) is 2. The molecule has 1 atom stereocenters. The molecular formula is C16H20N2O2. The summed E-state index contributed by atoms with van der Waals surface area (Å²) in [5.41, 5.74) is 0.588. The molecule has 2 rings (SSSR count).